The van der Waals surface area contributed by atoms with Crippen LogP contribution in [0, 0.1) is 5.82 Å². The molecule has 1 aromatic heterocycles. The highest BCUT2D eigenvalue weighted by atomic mass is 32.1. The highest BCUT2D eigenvalue weighted by molar-refractivity contribution is 7.09. The Hall–Kier alpha value is -1.75. The number of nitrogens with zero attached hydrogens (tertiary/aromatic N) is 1. The number of hydrogen-bond donors (Lipinski definition) is 1. The summed E-state index contributed by atoms with van der Waals surface area (Å²) in [5, 5.41) is 6.00. The first kappa shape index (κ1) is 13.2. The average Bonchev–Trinajstić information content (AvgIpc) is 3.16. The van der Waals surface area contributed by atoms with Crippen molar-refractivity contribution >= 4 is 17.2 Å². The van der Waals surface area contributed by atoms with Crippen molar-refractivity contribution in [2.24, 2.45) is 0 Å². The predicted molar refractivity (Wildman–Crippen MR) is 76.0 cm³/mol. The lowest BCUT2D eigenvalue weighted by Crippen LogP contribution is -2.24. The molecule has 3 nitrogen and oxygen atoms in total. The van der Waals surface area contributed by atoms with Crippen LogP contribution in [0.1, 0.15) is 35.0 Å². The summed E-state index contributed by atoms with van der Waals surface area (Å²) < 4.78 is 13.0. The van der Waals surface area contributed by atoms with Gasteiger partial charge in [-0.1, -0.05) is 12.1 Å². The minimum atomic E-state index is -0.316. The van der Waals surface area contributed by atoms with Gasteiger partial charge in [0.2, 0.25) is 5.91 Å². The lowest BCUT2D eigenvalue weighted by Gasteiger charge is -2.03. The summed E-state index contributed by atoms with van der Waals surface area (Å²) in [6.07, 6.45) is 2.66. The third-order valence-electron chi connectivity index (χ3n) is 3.22. The average molecular weight is 290 g/mol. The molecular formula is C15H15FN2OS. The molecule has 0 unspecified atom stereocenters. The van der Waals surface area contributed by atoms with Gasteiger partial charge in [-0.15, -0.1) is 11.3 Å². The monoisotopic (exact) mass is 290 g/mol. The number of rotatable bonds is 5. The molecule has 0 atom stereocenters. The predicted octanol–water partition coefficient (Wildman–Crippen LogP) is 3.02. The molecule has 20 heavy (non-hydrogen) atoms. The van der Waals surface area contributed by atoms with Crippen LogP contribution in [0.5, 0.6) is 0 Å². The van der Waals surface area contributed by atoms with Gasteiger partial charge in [0.25, 0.3) is 0 Å². The van der Waals surface area contributed by atoms with Crippen LogP contribution in [0.2, 0.25) is 0 Å². The van der Waals surface area contributed by atoms with E-state index in [4.69, 9.17) is 0 Å². The third kappa shape index (κ3) is 3.42. The lowest BCUT2D eigenvalue weighted by molar-refractivity contribution is -0.120. The fourth-order valence-corrected chi connectivity index (χ4v) is 3.00. The largest absolute Gasteiger partial charge is 0.350 e. The van der Waals surface area contributed by atoms with E-state index in [0.717, 1.165) is 5.69 Å². The van der Waals surface area contributed by atoms with Crippen LogP contribution < -0.4 is 5.32 Å². The summed E-state index contributed by atoms with van der Waals surface area (Å²) in [7, 11) is 0. The fourth-order valence-electron chi connectivity index (χ4n) is 2.01. The highest BCUT2D eigenvalue weighted by Crippen LogP contribution is 2.41. The van der Waals surface area contributed by atoms with Crippen molar-refractivity contribution in [3.63, 3.8) is 0 Å². The Labute approximate surface area is 120 Å². The van der Waals surface area contributed by atoms with Gasteiger partial charge in [0.1, 0.15) is 5.82 Å². The molecule has 0 spiro atoms. The van der Waals surface area contributed by atoms with Crippen LogP contribution in [0.3, 0.4) is 0 Å². The number of nitrogens with one attached hydrogen (secondary N) is 1. The Kier molecular flexibility index (Phi) is 3.78. The Morgan fingerprint density at radius 2 is 2.30 bits per heavy atom. The van der Waals surface area contributed by atoms with Crippen molar-refractivity contribution < 1.29 is 9.18 Å². The second-order valence-corrected chi connectivity index (χ2v) is 5.92. The molecule has 2 aromatic rings. The van der Waals surface area contributed by atoms with Crippen molar-refractivity contribution in [3.8, 4) is 0 Å². The van der Waals surface area contributed by atoms with Gasteiger partial charge in [-0.2, -0.15) is 0 Å². The molecule has 1 aromatic carbocycles. The first-order valence-electron chi connectivity index (χ1n) is 6.66. The number of benzene rings is 1. The lowest BCUT2D eigenvalue weighted by atomic mass is 10.1. The summed E-state index contributed by atoms with van der Waals surface area (Å²) >= 11 is 1.67. The van der Waals surface area contributed by atoms with Crippen LogP contribution in [0.25, 0.3) is 0 Å². The maximum atomic E-state index is 13.0. The molecule has 0 aliphatic heterocycles. The SMILES string of the molecule is O=C(Cc1cccc(F)c1)NCc1csc(C2CC2)n1. The molecule has 1 N–H and O–H groups in total. The maximum absolute atomic E-state index is 13.0. The summed E-state index contributed by atoms with van der Waals surface area (Å²) in [5.41, 5.74) is 1.59. The van der Waals surface area contributed by atoms with E-state index in [2.05, 4.69) is 10.3 Å². The number of carbonyl (C=O) groups is 1. The van der Waals surface area contributed by atoms with Crippen molar-refractivity contribution in [2.75, 3.05) is 0 Å². The van der Waals surface area contributed by atoms with E-state index in [-0.39, 0.29) is 18.1 Å². The summed E-state index contributed by atoms with van der Waals surface area (Å²) in [5.74, 6) is 0.220. The van der Waals surface area contributed by atoms with E-state index in [9.17, 15) is 9.18 Å². The molecule has 0 saturated heterocycles. The highest BCUT2D eigenvalue weighted by Gasteiger charge is 2.26. The minimum absolute atomic E-state index is 0.114. The number of amides is 1. The van der Waals surface area contributed by atoms with Crippen molar-refractivity contribution in [2.45, 2.75) is 31.7 Å². The Bertz CT molecular complexity index is 622. The molecule has 1 fully saturated rings. The Morgan fingerprint density at radius 1 is 1.45 bits per heavy atom. The van der Waals surface area contributed by atoms with Crippen molar-refractivity contribution in [1.29, 1.82) is 0 Å². The molecule has 0 radical (unpaired) electrons. The topological polar surface area (TPSA) is 42.0 Å². The fraction of sp³-hybridized carbons (Fsp3) is 0.333. The second kappa shape index (κ2) is 5.71. The zero-order chi connectivity index (χ0) is 13.9. The standard InChI is InChI=1S/C15H15FN2OS/c16-12-3-1-2-10(6-12)7-14(19)17-8-13-9-20-15(18-13)11-4-5-11/h1-3,6,9,11H,4-5,7-8H2,(H,17,19). The maximum Gasteiger partial charge on any atom is 0.224 e. The van der Waals surface area contributed by atoms with E-state index in [1.165, 1.54) is 30.0 Å². The van der Waals surface area contributed by atoms with Crippen LogP contribution >= 0.6 is 11.3 Å². The van der Waals surface area contributed by atoms with Crippen LogP contribution in [0.4, 0.5) is 4.39 Å². The van der Waals surface area contributed by atoms with Gasteiger partial charge < -0.3 is 5.32 Å². The minimum Gasteiger partial charge on any atom is -0.350 e. The number of hydrogen-bond acceptors (Lipinski definition) is 3. The first-order valence-corrected chi connectivity index (χ1v) is 7.54. The number of thiazole rings is 1. The molecule has 5 heteroatoms. The number of carbonyl (C=O) groups excluding carboxylic acids is 1. The van der Waals surface area contributed by atoms with Gasteiger partial charge in [0.05, 0.1) is 23.7 Å². The molecule has 1 amide bonds. The molecule has 0 bridgehead atoms. The summed E-state index contributed by atoms with van der Waals surface area (Å²) in [4.78, 5) is 16.3. The normalized spacial score (nSPS) is 14.2. The van der Waals surface area contributed by atoms with Crippen molar-refractivity contribution in [3.05, 3.63) is 51.7 Å². The van der Waals surface area contributed by atoms with Gasteiger partial charge in [-0.25, -0.2) is 9.37 Å². The molecule has 1 aliphatic rings. The van der Waals surface area contributed by atoms with Gasteiger partial charge in [-0.05, 0) is 30.5 Å². The molecule has 1 heterocycles. The van der Waals surface area contributed by atoms with E-state index in [0.29, 0.717) is 18.0 Å². The summed E-state index contributed by atoms with van der Waals surface area (Å²) in [6, 6.07) is 6.11. The first-order chi connectivity index (χ1) is 9.70. The van der Waals surface area contributed by atoms with E-state index in [1.807, 2.05) is 5.38 Å². The second-order valence-electron chi connectivity index (χ2n) is 5.03. The third-order valence-corrected chi connectivity index (χ3v) is 4.27. The zero-order valence-electron chi connectivity index (χ0n) is 10.9. The van der Waals surface area contributed by atoms with Gasteiger partial charge in [0, 0.05) is 11.3 Å². The molecule has 104 valence electrons. The molecule has 1 saturated carbocycles. The van der Waals surface area contributed by atoms with Crippen molar-refractivity contribution in [1.82, 2.24) is 10.3 Å². The van der Waals surface area contributed by atoms with Gasteiger partial charge in [0.15, 0.2) is 0 Å². The molecular weight excluding hydrogens is 275 g/mol. The number of halogens is 1. The molecule has 1 aliphatic carbocycles. The van der Waals surface area contributed by atoms with E-state index < -0.39 is 0 Å². The van der Waals surface area contributed by atoms with E-state index >= 15 is 0 Å². The quantitative estimate of drug-likeness (QED) is 0.919. The zero-order valence-corrected chi connectivity index (χ0v) is 11.8. The van der Waals surface area contributed by atoms with Gasteiger partial charge >= 0.3 is 0 Å². The van der Waals surface area contributed by atoms with Crippen LogP contribution in [0.15, 0.2) is 29.6 Å². The van der Waals surface area contributed by atoms with Crippen LogP contribution in [-0.2, 0) is 17.8 Å². The summed E-state index contributed by atoms with van der Waals surface area (Å²) in [6.45, 7) is 0.442. The molecule has 3 rings (SSSR count). The van der Waals surface area contributed by atoms with Gasteiger partial charge in [-0.3, -0.25) is 4.79 Å². The smallest absolute Gasteiger partial charge is 0.224 e. The Balaban J connectivity index is 1.51. The van der Waals surface area contributed by atoms with Crippen LogP contribution in [-0.4, -0.2) is 10.9 Å². The number of aromatic nitrogens is 1. The van der Waals surface area contributed by atoms with E-state index in [1.54, 1.807) is 23.5 Å². The Morgan fingerprint density at radius 3 is 3.05 bits per heavy atom.